The second-order valence-corrected chi connectivity index (χ2v) is 5.41. The lowest BCUT2D eigenvalue weighted by Gasteiger charge is -2.11. The molecule has 0 atom stereocenters. The summed E-state index contributed by atoms with van der Waals surface area (Å²) in [4.78, 5) is 17.1. The maximum Gasteiger partial charge on any atom is 0.261 e. The van der Waals surface area contributed by atoms with E-state index in [0.29, 0.717) is 6.54 Å². The van der Waals surface area contributed by atoms with Gasteiger partial charge in [-0.05, 0) is 24.3 Å². The van der Waals surface area contributed by atoms with Crippen LogP contribution in [-0.2, 0) is 19.5 Å². The number of amides is 1. The minimum atomic E-state index is -0.0176. The van der Waals surface area contributed by atoms with Crippen LogP contribution in [0.1, 0.15) is 34.0 Å². The Morgan fingerprint density at radius 3 is 3.22 bits per heavy atom. The monoisotopic (exact) mass is 261 g/mol. The number of nitrogens with one attached hydrogen (secondary N) is 1. The molecular weight excluding hydrogens is 246 g/mol. The van der Waals surface area contributed by atoms with Crippen LogP contribution in [0.25, 0.3) is 0 Å². The van der Waals surface area contributed by atoms with Crippen LogP contribution in [-0.4, -0.2) is 15.5 Å². The summed E-state index contributed by atoms with van der Waals surface area (Å²) in [5, 5.41) is 4.81. The zero-order valence-corrected chi connectivity index (χ0v) is 10.9. The maximum absolute atomic E-state index is 11.8. The van der Waals surface area contributed by atoms with E-state index in [-0.39, 0.29) is 5.91 Å². The Hall–Kier alpha value is -1.62. The first-order valence-electron chi connectivity index (χ1n) is 6.19. The van der Waals surface area contributed by atoms with Crippen molar-refractivity contribution in [2.45, 2.75) is 32.4 Å². The van der Waals surface area contributed by atoms with Crippen LogP contribution in [0.15, 0.2) is 23.7 Å². The molecule has 0 saturated carbocycles. The van der Waals surface area contributed by atoms with Crippen molar-refractivity contribution in [3.05, 3.63) is 40.1 Å². The average molecular weight is 261 g/mol. The van der Waals surface area contributed by atoms with E-state index in [2.05, 4.69) is 21.1 Å². The van der Waals surface area contributed by atoms with Crippen molar-refractivity contribution in [1.82, 2.24) is 14.9 Å². The lowest BCUT2D eigenvalue weighted by molar-refractivity contribution is 0.0954. The van der Waals surface area contributed by atoms with E-state index in [0.717, 1.165) is 29.4 Å². The molecule has 1 N–H and O–H groups in total. The van der Waals surface area contributed by atoms with Gasteiger partial charge in [-0.15, -0.1) is 11.3 Å². The van der Waals surface area contributed by atoms with E-state index in [4.69, 9.17) is 0 Å². The Balaban J connectivity index is 1.63. The van der Waals surface area contributed by atoms with Gasteiger partial charge < -0.3 is 9.88 Å². The van der Waals surface area contributed by atoms with E-state index in [1.807, 2.05) is 17.5 Å². The quantitative estimate of drug-likeness (QED) is 0.920. The second kappa shape index (κ2) is 4.94. The summed E-state index contributed by atoms with van der Waals surface area (Å²) in [5.41, 5.74) is 0.955. The number of aromatic nitrogens is 2. The predicted octanol–water partition coefficient (Wildman–Crippen LogP) is 2.21. The van der Waals surface area contributed by atoms with Crippen molar-refractivity contribution in [2.24, 2.45) is 0 Å². The van der Waals surface area contributed by atoms with Crippen molar-refractivity contribution in [3.8, 4) is 0 Å². The number of fused-ring (bicyclic) bond motifs is 1. The van der Waals surface area contributed by atoms with Crippen LogP contribution in [0, 0.1) is 0 Å². The maximum atomic E-state index is 11.8. The van der Waals surface area contributed by atoms with Gasteiger partial charge in [0.25, 0.3) is 5.91 Å². The highest BCUT2D eigenvalue weighted by Crippen LogP contribution is 2.14. The van der Waals surface area contributed by atoms with Gasteiger partial charge in [0.1, 0.15) is 5.82 Å². The fourth-order valence-electron chi connectivity index (χ4n) is 2.22. The lowest BCUT2D eigenvalue weighted by atomic mass is 10.2. The van der Waals surface area contributed by atoms with Gasteiger partial charge in [0, 0.05) is 19.2 Å². The van der Waals surface area contributed by atoms with E-state index < -0.39 is 0 Å². The van der Waals surface area contributed by atoms with Gasteiger partial charge in [-0.1, -0.05) is 6.07 Å². The lowest BCUT2D eigenvalue weighted by Crippen LogP contribution is -2.21. The SMILES string of the molecule is O=C(NCc1cn2c(n1)CCCC2)c1cccs1. The third-order valence-electron chi connectivity index (χ3n) is 3.13. The molecule has 4 nitrogen and oxygen atoms in total. The van der Waals surface area contributed by atoms with Crippen molar-refractivity contribution in [1.29, 1.82) is 0 Å². The number of thiophene rings is 1. The summed E-state index contributed by atoms with van der Waals surface area (Å²) in [6.07, 6.45) is 5.56. The van der Waals surface area contributed by atoms with Gasteiger partial charge in [0.2, 0.25) is 0 Å². The smallest absolute Gasteiger partial charge is 0.261 e. The molecule has 0 fully saturated rings. The standard InChI is InChI=1S/C13H15N3OS/c17-13(11-4-3-7-18-11)14-8-10-9-16-6-2-1-5-12(16)15-10/h3-4,7,9H,1-2,5-6,8H2,(H,14,17). The summed E-state index contributed by atoms with van der Waals surface area (Å²) in [6.45, 7) is 1.57. The Labute approximate surface area is 110 Å². The summed E-state index contributed by atoms with van der Waals surface area (Å²) in [5.74, 6) is 1.14. The number of hydrogen-bond acceptors (Lipinski definition) is 3. The zero-order valence-electron chi connectivity index (χ0n) is 10.1. The van der Waals surface area contributed by atoms with Crippen molar-refractivity contribution < 1.29 is 4.79 Å². The van der Waals surface area contributed by atoms with Crippen LogP contribution in [0.5, 0.6) is 0 Å². The Bertz CT molecular complexity index is 521. The fraction of sp³-hybridized carbons (Fsp3) is 0.385. The highest BCUT2D eigenvalue weighted by atomic mass is 32.1. The molecule has 0 aliphatic carbocycles. The minimum Gasteiger partial charge on any atom is -0.346 e. The third kappa shape index (κ3) is 2.31. The fourth-order valence-corrected chi connectivity index (χ4v) is 2.86. The first-order chi connectivity index (χ1) is 8.83. The van der Waals surface area contributed by atoms with Gasteiger partial charge in [-0.2, -0.15) is 0 Å². The topological polar surface area (TPSA) is 46.9 Å². The molecule has 0 spiro atoms. The molecule has 2 aromatic rings. The van der Waals surface area contributed by atoms with Crippen molar-refractivity contribution in [3.63, 3.8) is 0 Å². The molecule has 0 unspecified atom stereocenters. The van der Waals surface area contributed by atoms with Gasteiger partial charge in [-0.3, -0.25) is 4.79 Å². The van der Waals surface area contributed by atoms with Crippen LogP contribution < -0.4 is 5.32 Å². The van der Waals surface area contributed by atoms with Gasteiger partial charge >= 0.3 is 0 Å². The average Bonchev–Trinajstić information content (AvgIpc) is 3.04. The third-order valence-corrected chi connectivity index (χ3v) is 4.00. The number of aryl methyl sites for hydroxylation is 2. The molecule has 1 aliphatic heterocycles. The molecule has 2 aromatic heterocycles. The molecule has 0 radical (unpaired) electrons. The van der Waals surface area contributed by atoms with Crippen LogP contribution in [0.2, 0.25) is 0 Å². The number of hydrogen-bond donors (Lipinski definition) is 1. The van der Waals surface area contributed by atoms with E-state index >= 15 is 0 Å². The van der Waals surface area contributed by atoms with Crippen LogP contribution in [0.4, 0.5) is 0 Å². The van der Waals surface area contributed by atoms with E-state index in [9.17, 15) is 4.79 Å². The first kappa shape index (κ1) is 11.5. The molecule has 1 amide bonds. The predicted molar refractivity (Wildman–Crippen MR) is 70.7 cm³/mol. The molecule has 5 heteroatoms. The van der Waals surface area contributed by atoms with Crippen LogP contribution in [0.3, 0.4) is 0 Å². The van der Waals surface area contributed by atoms with E-state index in [1.165, 1.54) is 24.2 Å². The normalized spacial score (nSPS) is 14.2. The molecule has 3 rings (SSSR count). The number of imidazole rings is 1. The van der Waals surface area contributed by atoms with Gasteiger partial charge in [0.05, 0.1) is 17.1 Å². The number of carbonyl (C=O) groups excluding carboxylic acids is 1. The molecule has 0 saturated heterocycles. The molecule has 94 valence electrons. The summed E-state index contributed by atoms with van der Waals surface area (Å²) < 4.78 is 2.20. The number of rotatable bonds is 3. The highest BCUT2D eigenvalue weighted by molar-refractivity contribution is 7.12. The molecule has 18 heavy (non-hydrogen) atoms. The summed E-state index contributed by atoms with van der Waals surface area (Å²) in [7, 11) is 0. The number of carbonyl (C=O) groups is 1. The number of nitrogens with zero attached hydrogens (tertiary/aromatic N) is 2. The van der Waals surface area contributed by atoms with Crippen molar-refractivity contribution in [2.75, 3.05) is 0 Å². The van der Waals surface area contributed by atoms with E-state index in [1.54, 1.807) is 0 Å². The Kier molecular flexibility index (Phi) is 3.15. The highest BCUT2D eigenvalue weighted by Gasteiger charge is 2.13. The van der Waals surface area contributed by atoms with Gasteiger partial charge in [-0.25, -0.2) is 4.98 Å². The first-order valence-corrected chi connectivity index (χ1v) is 7.07. The Morgan fingerprint density at radius 2 is 2.44 bits per heavy atom. The summed E-state index contributed by atoms with van der Waals surface area (Å²) >= 11 is 1.46. The van der Waals surface area contributed by atoms with Crippen LogP contribution >= 0.6 is 11.3 Å². The molecule has 0 aromatic carbocycles. The summed E-state index contributed by atoms with van der Waals surface area (Å²) in [6, 6.07) is 3.72. The molecule has 0 bridgehead atoms. The molecule has 1 aliphatic rings. The minimum absolute atomic E-state index is 0.0176. The van der Waals surface area contributed by atoms with Crippen molar-refractivity contribution >= 4 is 17.2 Å². The molecule has 3 heterocycles. The second-order valence-electron chi connectivity index (χ2n) is 4.46. The largest absolute Gasteiger partial charge is 0.346 e. The molecular formula is C13H15N3OS. The zero-order chi connectivity index (χ0) is 12.4. The Morgan fingerprint density at radius 1 is 1.50 bits per heavy atom. The van der Waals surface area contributed by atoms with Gasteiger partial charge in [0.15, 0.2) is 0 Å².